The van der Waals surface area contributed by atoms with Crippen molar-refractivity contribution in [2.45, 2.75) is 23.9 Å². The van der Waals surface area contributed by atoms with Crippen LogP contribution in [-0.2, 0) is 27.8 Å². The van der Waals surface area contributed by atoms with Crippen LogP contribution in [0.5, 0.6) is 0 Å². The largest absolute Gasteiger partial charge is 0.355 e. The molecule has 3 rings (SSSR count). The number of carbonyl (C=O) groups excluding carboxylic acids is 2. The zero-order valence-corrected chi connectivity index (χ0v) is 18.7. The Balaban J connectivity index is 1.80. The minimum absolute atomic E-state index is 0.0681. The van der Waals surface area contributed by atoms with Gasteiger partial charge in [0.05, 0.1) is 0 Å². The number of halogens is 1. The maximum absolute atomic E-state index is 14.1. The van der Waals surface area contributed by atoms with Crippen LogP contribution in [0.1, 0.15) is 21.5 Å². The summed E-state index contributed by atoms with van der Waals surface area (Å²) in [6.07, 6.45) is 0.0681. The minimum atomic E-state index is -4.30. The van der Waals surface area contributed by atoms with Crippen molar-refractivity contribution in [1.82, 2.24) is 15.4 Å². The van der Waals surface area contributed by atoms with E-state index in [1.165, 1.54) is 19.2 Å². The number of amides is 2. The fourth-order valence-corrected chi connectivity index (χ4v) is 4.50. The van der Waals surface area contributed by atoms with Crippen molar-refractivity contribution in [2.75, 3.05) is 7.05 Å². The molecule has 9 heteroatoms. The van der Waals surface area contributed by atoms with E-state index in [9.17, 15) is 22.4 Å². The molecule has 0 aliphatic heterocycles. The Morgan fingerprint density at radius 2 is 1.58 bits per heavy atom. The van der Waals surface area contributed by atoms with Crippen molar-refractivity contribution in [2.24, 2.45) is 0 Å². The number of nitrogens with one attached hydrogen (secondary N) is 3. The van der Waals surface area contributed by atoms with E-state index < -0.39 is 32.7 Å². The molecule has 3 N–H and O–H groups in total. The summed E-state index contributed by atoms with van der Waals surface area (Å²) in [6.45, 7) is 0.0797. The van der Waals surface area contributed by atoms with Crippen molar-refractivity contribution in [1.29, 1.82) is 0 Å². The first-order chi connectivity index (χ1) is 15.8. The van der Waals surface area contributed by atoms with Crippen molar-refractivity contribution >= 4 is 21.8 Å². The molecule has 0 saturated heterocycles. The lowest BCUT2D eigenvalue weighted by molar-refractivity contribution is -0.122. The fraction of sp³-hybridized carbons (Fsp3) is 0.167. The van der Waals surface area contributed by atoms with Gasteiger partial charge in [-0.05, 0) is 41.8 Å². The summed E-state index contributed by atoms with van der Waals surface area (Å²) in [5.41, 5.74) is 1.83. The van der Waals surface area contributed by atoms with E-state index in [-0.39, 0.29) is 18.9 Å². The molecule has 0 spiro atoms. The Morgan fingerprint density at radius 3 is 2.27 bits per heavy atom. The number of rotatable bonds is 9. The predicted octanol–water partition coefficient (Wildman–Crippen LogP) is 2.39. The van der Waals surface area contributed by atoms with E-state index in [0.29, 0.717) is 11.1 Å². The molecular weight excluding hydrogens is 445 g/mol. The second-order valence-electron chi connectivity index (χ2n) is 7.29. The average molecular weight is 470 g/mol. The SMILES string of the molecule is CNC(=O)c1cccc(CNC(=O)[C@H](Cc2ccccc2)NS(=O)(=O)c2ccccc2F)c1. The van der Waals surface area contributed by atoms with Gasteiger partial charge in [-0.25, -0.2) is 12.8 Å². The number of sulfonamides is 1. The molecule has 0 bridgehead atoms. The molecule has 33 heavy (non-hydrogen) atoms. The maximum Gasteiger partial charge on any atom is 0.251 e. The summed E-state index contributed by atoms with van der Waals surface area (Å²) in [7, 11) is -2.78. The van der Waals surface area contributed by atoms with Crippen molar-refractivity contribution in [3.63, 3.8) is 0 Å². The Kier molecular flexibility index (Phi) is 7.92. The van der Waals surface area contributed by atoms with Gasteiger partial charge in [0.15, 0.2) is 0 Å². The second kappa shape index (κ2) is 10.8. The second-order valence-corrected chi connectivity index (χ2v) is 8.97. The number of hydrogen-bond donors (Lipinski definition) is 3. The van der Waals surface area contributed by atoms with E-state index in [0.717, 1.165) is 17.7 Å². The summed E-state index contributed by atoms with van der Waals surface area (Å²) >= 11 is 0. The lowest BCUT2D eigenvalue weighted by Gasteiger charge is -2.19. The van der Waals surface area contributed by atoms with Crippen LogP contribution < -0.4 is 15.4 Å². The van der Waals surface area contributed by atoms with E-state index in [1.54, 1.807) is 48.5 Å². The molecule has 0 saturated carbocycles. The normalized spacial score (nSPS) is 12.1. The maximum atomic E-state index is 14.1. The molecule has 0 aliphatic carbocycles. The van der Waals surface area contributed by atoms with Crippen LogP contribution in [0.4, 0.5) is 4.39 Å². The molecule has 0 heterocycles. The van der Waals surface area contributed by atoms with E-state index in [2.05, 4.69) is 15.4 Å². The molecule has 0 aromatic heterocycles. The summed E-state index contributed by atoms with van der Waals surface area (Å²) in [6, 6.07) is 19.4. The molecule has 7 nitrogen and oxygen atoms in total. The molecule has 3 aromatic carbocycles. The fourth-order valence-electron chi connectivity index (χ4n) is 3.23. The van der Waals surface area contributed by atoms with E-state index >= 15 is 0 Å². The van der Waals surface area contributed by atoms with Gasteiger partial charge in [-0.2, -0.15) is 4.72 Å². The van der Waals surface area contributed by atoms with Crippen LogP contribution in [0.2, 0.25) is 0 Å². The first-order valence-corrected chi connectivity index (χ1v) is 11.7. The smallest absolute Gasteiger partial charge is 0.251 e. The molecule has 0 fully saturated rings. The monoisotopic (exact) mass is 469 g/mol. The van der Waals surface area contributed by atoms with Gasteiger partial charge < -0.3 is 10.6 Å². The van der Waals surface area contributed by atoms with Crippen LogP contribution in [0, 0.1) is 5.82 Å². The highest BCUT2D eigenvalue weighted by Crippen LogP contribution is 2.15. The van der Waals surface area contributed by atoms with Crippen LogP contribution in [0.3, 0.4) is 0 Å². The first kappa shape index (κ1) is 24.1. The number of benzene rings is 3. The summed E-state index contributed by atoms with van der Waals surface area (Å²) in [5.74, 6) is -1.75. The molecule has 2 amide bonds. The summed E-state index contributed by atoms with van der Waals surface area (Å²) < 4.78 is 42.1. The molecule has 172 valence electrons. The lowest BCUT2D eigenvalue weighted by atomic mass is 10.1. The van der Waals surface area contributed by atoms with E-state index in [1.807, 2.05) is 6.07 Å². The third kappa shape index (κ3) is 6.47. The van der Waals surface area contributed by atoms with Crippen LogP contribution in [0.15, 0.2) is 83.8 Å². The highest BCUT2D eigenvalue weighted by atomic mass is 32.2. The summed E-state index contributed by atoms with van der Waals surface area (Å²) in [4.78, 5) is 24.3. The first-order valence-electron chi connectivity index (χ1n) is 10.2. The van der Waals surface area contributed by atoms with Crippen molar-refractivity contribution < 1.29 is 22.4 Å². The Hall–Kier alpha value is -3.56. The molecule has 0 radical (unpaired) electrons. The molecule has 0 unspecified atom stereocenters. The third-order valence-electron chi connectivity index (χ3n) is 4.91. The zero-order valence-electron chi connectivity index (χ0n) is 17.9. The van der Waals surface area contributed by atoms with Crippen LogP contribution >= 0.6 is 0 Å². The van der Waals surface area contributed by atoms with Crippen molar-refractivity contribution in [3.05, 3.63) is 101 Å². The number of carbonyl (C=O) groups is 2. The van der Waals surface area contributed by atoms with Gasteiger partial charge in [-0.1, -0.05) is 54.6 Å². The average Bonchev–Trinajstić information content (AvgIpc) is 2.82. The van der Waals surface area contributed by atoms with Crippen LogP contribution in [-0.4, -0.2) is 33.3 Å². The van der Waals surface area contributed by atoms with Gasteiger partial charge in [-0.15, -0.1) is 0 Å². The topological polar surface area (TPSA) is 104 Å². The highest BCUT2D eigenvalue weighted by molar-refractivity contribution is 7.89. The van der Waals surface area contributed by atoms with Gasteiger partial charge in [0.2, 0.25) is 15.9 Å². The van der Waals surface area contributed by atoms with Gasteiger partial charge >= 0.3 is 0 Å². The lowest BCUT2D eigenvalue weighted by Crippen LogP contribution is -2.47. The Morgan fingerprint density at radius 1 is 0.909 bits per heavy atom. The standard InChI is InChI=1S/C24H24FN3O4S/c1-26-23(29)19-11-7-10-18(14-19)16-27-24(30)21(15-17-8-3-2-4-9-17)28-33(31,32)22-13-6-5-12-20(22)25/h2-14,21,28H,15-16H2,1H3,(H,26,29)(H,27,30)/t21-/m0/s1. The molecule has 1 atom stereocenters. The minimum Gasteiger partial charge on any atom is -0.355 e. The Labute approximate surface area is 192 Å². The quantitative estimate of drug-likeness (QED) is 0.448. The van der Waals surface area contributed by atoms with Gasteiger partial charge in [0, 0.05) is 19.2 Å². The third-order valence-corrected chi connectivity index (χ3v) is 6.41. The van der Waals surface area contributed by atoms with Gasteiger partial charge in [-0.3, -0.25) is 9.59 Å². The predicted molar refractivity (Wildman–Crippen MR) is 122 cm³/mol. The van der Waals surface area contributed by atoms with E-state index in [4.69, 9.17) is 0 Å². The number of hydrogen-bond acceptors (Lipinski definition) is 4. The van der Waals surface area contributed by atoms with Crippen molar-refractivity contribution in [3.8, 4) is 0 Å². The zero-order chi connectivity index (χ0) is 23.8. The highest BCUT2D eigenvalue weighted by Gasteiger charge is 2.27. The summed E-state index contributed by atoms with van der Waals surface area (Å²) in [5, 5.41) is 5.23. The van der Waals surface area contributed by atoms with Crippen LogP contribution in [0.25, 0.3) is 0 Å². The molecular formula is C24H24FN3O4S. The van der Waals surface area contributed by atoms with Gasteiger partial charge in [0.25, 0.3) is 5.91 Å². The van der Waals surface area contributed by atoms with Gasteiger partial charge in [0.1, 0.15) is 16.8 Å². The molecule has 0 aliphatic rings. The molecule has 3 aromatic rings. The Bertz CT molecular complexity index is 1230.